The van der Waals surface area contributed by atoms with Crippen molar-refractivity contribution < 1.29 is 80.2 Å². The number of carbonyl (C=O) groups excluding carboxylic acids is 4. The van der Waals surface area contributed by atoms with Crippen molar-refractivity contribution in [2.75, 3.05) is 39.6 Å². The molecule has 0 aliphatic carbocycles. The van der Waals surface area contributed by atoms with Crippen LogP contribution in [-0.2, 0) is 65.4 Å². The van der Waals surface area contributed by atoms with Gasteiger partial charge in [0.1, 0.15) is 19.3 Å². The smallest absolute Gasteiger partial charge is 0.462 e. The monoisotopic (exact) mass is 1550 g/mol. The average molecular weight is 1550 g/mol. The Hall–Kier alpha value is -1.94. The third-order valence-electron chi connectivity index (χ3n) is 20.6. The first-order valence-electron chi connectivity index (χ1n) is 45.3. The van der Waals surface area contributed by atoms with E-state index in [4.69, 9.17) is 37.0 Å². The molecule has 3 unspecified atom stereocenters. The highest BCUT2D eigenvalue weighted by Gasteiger charge is 2.30. The van der Waals surface area contributed by atoms with Crippen LogP contribution in [0.2, 0.25) is 0 Å². The Morgan fingerprint density at radius 2 is 0.377 bits per heavy atom. The fourth-order valence-corrected chi connectivity index (χ4v) is 15.3. The zero-order valence-corrected chi connectivity index (χ0v) is 71.2. The SMILES string of the molecule is CCCCCCCCCCCCCCCCCCCCCC(=O)OC[C@H](COP(=O)(O)OCC(O)COP(=O)(O)OC[C@@H](COC(=O)CCCCCCCCCCCCCCC)OC(=O)CCCCCCCCCCCCCCCCC)OC(=O)CCCCCCCCCCCCCCCCCCCCC. The molecule has 0 aliphatic heterocycles. The Morgan fingerprint density at radius 1 is 0.226 bits per heavy atom. The number of hydrogen-bond donors (Lipinski definition) is 3. The molecule has 0 aromatic rings. The maximum Gasteiger partial charge on any atom is 0.472 e. The summed E-state index contributed by atoms with van der Waals surface area (Å²) in [5, 5.41) is 10.7. The predicted molar refractivity (Wildman–Crippen MR) is 437 cm³/mol. The largest absolute Gasteiger partial charge is 0.472 e. The van der Waals surface area contributed by atoms with E-state index < -0.39 is 97.5 Å². The summed E-state index contributed by atoms with van der Waals surface area (Å²) in [5.74, 6) is -2.09. The average Bonchev–Trinajstić information content (AvgIpc) is 0.903. The number of hydrogen-bond acceptors (Lipinski definition) is 15. The Kier molecular flexibility index (Phi) is 79.6. The van der Waals surface area contributed by atoms with E-state index in [1.54, 1.807) is 0 Å². The second-order valence-corrected chi connectivity index (χ2v) is 34.2. The van der Waals surface area contributed by atoms with Crippen molar-refractivity contribution in [2.45, 2.75) is 495 Å². The highest BCUT2D eigenvalue weighted by atomic mass is 31.2. The van der Waals surface area contributed by atoms with Gasteiger partial charge < -0.3 is 33.8 Å². The van der Waals surface area contributed by atoms with Gasteiger partial charge in [0.25, 0.3) is 0 Å². The van der Waals surface area contributed by atoms with Crippen LogP contribution in [-0.4, -0.2) is 96.7 Å². The van der Waals surface area contributed by atoms with Crippen molar-refractivity contribution in [1.29, 1.82) is 0 Å². The molecule has 17 nitrogen and oxygen atoms in total. The van der Waals surface area contributed by atoms with Crippen molar-refractivity contribution in [3.8, 4) is 0 Å². The lowest BCUT2D eigenvalue weighted by molar-refractivity contribution is -0.161. The summed E-state index contributed by atoms with van der Waals surface area (Å²) in [7, 11) is -9.93. The summed E-state index contributed by atoms with van der Waals surface area (Å²) >= 11 is 0. The maximum atomic E-state index is 13.2. The van der Waals surface area contributed by atoms with Crippen molar-refractivity contribution in [2.24, 2.45) is 0 Å². The molecule has 0 radical (unpaired) electrons. The van der Waals surface area contributed by atoms with Gasteiger partial charge in [0.15, 0.2) is 12.2 Å². The summed E-state index contributed by atoms with van der Waals surface area (Å²) in [6.45, 7) is 5.08. The minimum Gasteiger partial charge on any atom is -0.462 e. The van der Waals surface area contributed by atoms with Crippen LogP contribution in [0.25, 0.3) is 0 Å². The number of phosphoric acid groups is 2. The molecule has 0 spiro atoms. The molecule has 0 aromatic heterocycles. The van der Waals surface area contributed by atoms with Gasteiger partial charge in [-0.1, -0.05) is 426 Å². The van der Waals surface area contributed by atoms with Crippen LogP contribution in [0.1, 0.15) is 477 Å². The highest BCUT2D eigenvalue weighted by molar-refractivity contribution is 7.47. The van der Waals surface area contributed by atoms with Gasteiger partial charge in [0.2, 0.25) is 0 Å². The van der Waals surface area contributed by atoms with Gasteiger partial charge in [-0.05, 0) is 25.7 Å². The Balaban J connectivity index is 5.25. The highest BCUT2D eigenvalue weighted by Crippen LogP contribution is 2.45. The van der Waals surface area contributed by atoms with E-state index in [-0.39, 0.29) is 25.7 Å². The van der Waals surface area contributed by atoms with Crippen LogP contribution in [0.5, 0.6) is 0 Å². The Bertz CT molecular complexity index is 2000. The van der Waals surface area contributed by atoms with Gasteiger partial charge >= 0.3 is 39.5 Å². The van der Waals surface area contributed by atoms with Gasteiger partial charge in [-0.15, -0.1) is 0 Å². The molecule has 0 amide bonds. The number of carbonyl (C=O) groups is 4. The molecule has 0 aromatic carbocycles. The predicted octanol–water partition coefficient (Wildman–Crippen LogP) is 26.9. The van der Waals surface area contributed by atoms with Crippen LogP contribution < -0.4 is 0 Å². The minimum atomic E-state index is -4.97. The molecular weight excluding hydrogens is 1380 g/mol. The van der Waals surface area contributed by atoms with E-state index in [0.717, 1.165) is 89.9 Å². The lowest BCUT2D eigenvalue weighted by Crippen LogP contribution is -2.30. The summed E-state index contributed by atoms with van der Waals surface area (Å²) in [6, 6.07) is 0. The molecule has 0 heterocycles. The summed E-state index contributed by atoms with van der Waals surface area (Å²) in [6.07, 6.45) is 76.3. The number of phosphoric ester groups is 2. The van der Waals surface area contributed by atoms with Gasteiger partial charge in [0.05, 0.1) is 26.4 Å². The molecule has 3 N–H and O–H groups in total. The fraction of sp³-hybridized carbons (Fsp3) is 0.954. The first-order valence-corrected chi connectivity index (χ1v) is 48.3. The van der Waals surface area contributed by atoms with Crippen LogP contribution >= 0.6 is 15.6 Å². The second-order valence-electron chi connectivity index (χ2n) is 31.3. The minimum absolute atomic E-state index is 0.109. The first-order chi connectivity index (χ1) is 51.7. The number of esters is 4. The topological polar surface area (TPSA) is 237 Å². The van der Waals surface area contributed by atoms with Gasteiger partial charge in [-0.25, -0.2) is 9.13 Å². The van der Waals surface area contributed by atoms with E-state index in [2.05, 4.69) is 27.7 Å². The van der Waals surface area contributed by atoms with E-state index in [1.165, 1.54) is 308 Å². The first kappa shape index (κ1) is 104. The van der Waals surface area contributed by atoms with Crippen LogP contribution in [0.15, 0.2) is 0 Å². The quantitative estimate of drug-likeness (QED) is 0.0222. The molecule has 0 rings (SSSR count). The molecule has 0 bridgehead atoms. The number of rotatable bonds is 88. The number of aliphatic hydroxyl groups is 1. The number of ether oxygens (including phenoxy) is 4. The summed E-state index contributed by atoms with van der Waals surface area (Å²) in [5.41, 5.74) is 0. The lowest BCUT2D eigenvalue weighted by Gasteiger charge is -2.21. The van der Waals surface area contributed by atoms with Crippen molar-refractivity contribution in [3.05, 3.63) is 0 Å². The second kappa shape index (κ2) is 81.1. The van der Waals surface area contributed by atoms with Gasteiger partial charge in [-0.2, -0.15) is 0 Å². The zero-order chi connectivity index (χ0) is 77.4. The summed E-state index contributed by atoms with van der Waals surface area (Å²) in [4.78, 5) is 73.3. The zero-order valence-electron chi connectivity index (χ0n) is 69.4. The molecular formula is C87H170O17P2. The molecule has 0 saturated heterocycles. The molecule has 0 saturated carbocycles. The third-order valence-corrected chi connectivity index (χ3v) is 22.5. The fourth-order valence-electron chi connectivity index (χ4n) is 13.7. The van der Waals surface area contributed by atoms with Crippen LogP contribution in [0.3, 0.4) is 0 Å². The third kappa shape index (κ3) is 80.1. The Labute approximate surface area is 651 Å². The maximum absolute atomic E-state index is 13.2. The normalized spacial score (nSPS) is 13.7. The lowest BCUT2D eigenvalue weighted by atomic mass is 10.0. The van der Waals surface area contributed by atoms with Crippen molar-refractivity contribution >= 4 is 39.5 Å². The molecule has 630 valence electrons. The van der Waals surface area contributed by atoms with E-state index in [9.17, 15) is 43.2 Å². The molecule has 106 heavy (non-hydrogen) atoms. The van der Waals surface area contributed by atoms with Gasteiger partial charge in [0, 0.05) is 25.7 Å². The van der Waals surface area contributed by atoms with E-state index >= 15 is 0 Å². The molecule has 0 aliphatic rings. The van der Waals surface area contributed by atoms with E-state index in [0.29, 0.717) is 25.7 Å². The van der Waals surface area contributed by atoms with Crippen molar-refractivity contribution in [1.82, 2.24) is 0 Å². The molecule has 19 heteroatoms. The number of unbranched alkanes of at least 4 members (excludes halogenated alkanes) is 62. The van der Waals surface area contributed by atoms with Crippen molar-refractivity contribution in [3.63, 3.8) is 0 Å². The Morgan fingerprint density at radius 3 is 0.557 bits per heavy atom. The standard InChI is InChI=1S/C87H170O17P2/c1-5-9-13-17-21-25-29-33-36-38-40-42-45-48-52-56-60-64-68-72-85(90)98-78-83(104-87(92)74-70-66-62-58-54-50-46-43-41-39-37-34-30-26-22-18-14-10-6-2)80-102-106(95,96)100-76-81(88)75-99-105(93,94)101-79-82(77-97-84(89)71-67-63-59-55-51-47-32-28-24-20-16-12-8-4)103-86(91)73-69-65-61-57-53-49-44-35-31-27-23-19-15-11-7-3/h81-83,88H,5-80H2,1-4H3,(H,93,94)(H,95,96)/t81?,82-,83-/m1/s1. The number of aliphatic hydroxyl groups excluding tert-OH is 1. The van der Waals surface area contributed by atoms with Crippen LogP contribution in [0, 0.1) is 0 Å². The van der Waals surface area contributed by atoms with Crippen LogP contribution in [0.4, 0.5) is 0 Å². The van der Waals surface area contributed by atoms with E-state index in [1.807, 2.05) is 0 Å². The molecule has 0 fully saturated rings. The summed E-state index contributed by atoms with van der Waals surface area (Å²) < 4.78 is 69.0. The van der Waals surface area contributed by atoms with Gasteiger partial charge in [-0.3, -0.25) is 37.3 Å². The molecule has 5 atom stereocenters.